The van der Waals surface area contributed by atoms with Crippen molar-refractivity contribution in [1.29, 1.82) is 0 Å². The molecule has 0 bridgehead atoms. The maximum absolute atomic E-state index is 11.7. The molecular weight excluding hydrogens is 287 g/mol. The Morgan fingerprint density at radius 1 is 0.842 bits per heavy atom. The Balaban J connectivity index is 5.52. The average Bonchev–Trinajstić information content (AvgIpc) is 2.20. The summed E-state index contributed by atoms with van der Waals surface area (Å²) in [6.07, 6.45) is -3.01. The van der Waals surface area contributed by atoms with Crippen molar-refractivity contribution in [2.45, 2.75) is 24.2 Å². The van der Waals surface area contributed by atoms with Crippen LogP contribution in [0.3, 0.4) is 0 Å². The van der Waals surface area contributed by atoms with Gasteiger partial charge < -0.3 is 44.5 Å². The summed E-state index contributed by atoms with van der Waals surface area (Å²) in [5, 5.41) is 41.7. The highest BCUT2D eigenvalue weighted by Crippen LogP contribution is 2.53. The number of hydrogen-bond donors (Lipinski definition) is 1. The topological polar surface area (TPSA) is 198 Å². The molecule has 0 amide bonds. The van der Waals surface area contributed by atoms with Crippen molar-refractivity contribution in [2.75, 3.05) is 0 Å². The summed E-state index contributed by atoms with van der Waals surface area (Å²) in [5.41, 5.74) is -5.25. The van der Waals surface area contributed by atoms with Crippen LogP contribution in [0.25, 0.3) is 0 Å². The second-order valence-corrected chi connectivity index (χ2v) is 6.09. The molecule has 0 fully saturated rings. The van der Waals surface area contributed by atoms with E-state index in [0.29, 0.717) is 0 Å². The van der Waals surface area contributed by atoms with E-state index < -0.39 is 55.4 Å². The second-order valence-electron chi connectivity index (χ2n) is 3.49. The molecule has 0 aromatic carbocycles. The second kappa shape index (κ2) is 6.30. The summed E-state index contributed by atoms with van der Waals surface area (Å²) in [6, 6.07) is 0. The van der Waals surface area contributed by atoms with Crippen molar-refractivity contribution in [3.05, 3.63) is 0 Å². The molecular formula is C8H7O10P-4. The molecule has 0 aliphatic rings. The standard InChI is InChI=1S/C8H11O10P/c9-5(10)1-3(7(13)14)19(17,18)4(8(15)16)2-6(11)12/h3-4H,1-2H2,(H,9,10)(H,11,12)(H,13,14)(H,15,16)(H,17,18)/p-4. The maximum Gasteiger partial charge on any atom is 0.218 e. The Kier molecular flexibility index (Phi) is 5.66. The van der Waals surface area contributed by atoms with Crippen molar-refractivity contribution in [1.82, 2.24) is 0 Å². The molecule has 108 valence electrons. The number of aliphatic carboxylic acids is 4. The van der Waals surface area contributed by atoms with Gasteiger partial charge in [-0.15, -0.1) is 0 Å². The van der Waals surface area contributed by atoms with Crippen LogP contribution < -0.4 is 20.4 Å². The van der Waals surface area contributed by atoms with Gasteiger partial charge in [-0.2, -0.15) is 0 Å². The van der Waals surface area contributed by atoms with Gasteiger partial charge in [-0.1, -0.05) is 0 Å². The number of hydrogen-bond acceptors (Lipinski definition) is 9. The first kappa shape index (κ1) is 17.1. The molecule has 0 radical (unpaired) electrons. The lowest BCUT2D eigenvalue weighted by molar-refractivity contribution is -0.316. The number of carbonyl (C=O) groups excluding carboxylic acids is 4. The fraction of sp³-hybridized carbons (Fsp3) is 0.500. The Morgan fingerprint density at radius 3 is 1.26 bits per heavy atom. The third-order valence-electron chi connectivity index (χ3n) is 2.16. The zero-order valence-corrected chi connectivity index (χ0v) is 10.0. The summed E-state index contributed by atoms with van der Waals surface area (Å²) >= 11 is 0. The van der Waals surface area contributed by atoms with Crippen molar-refractivity contribution >= 4 is 31.2 Å². The van der Waals surface area contributed by atoms with Gasteiger partial charge in [0.25, 0.3) is 0 Å². The van der Waals surface area contributed by atoms with Crippen molar-refractivity contribution in [2.24, 2.45) is 0 Å². The van der Waals surface area contributed by atoms with Gasteiger partial charge in [0.15, 0.2) is 0 Å². The fourth-order valence-corrected chi connectivity index (χ4v) is 3.12. The molecule has 10 nitrogen and oxygen atoms in total. The minimum atomic E-state index is -5.30. The average molecular weight is 294 g/mol. The molecule has 0 aliphatic carbocycles. The minimum Gasteiger partial charge on any atom is -0.550 e. The maximum atomic E-state index is 11.7. The summed E-state index contributed by atoms with van der Waals surface area (Å²) in [7, 11) is -5.30. The van der Waals surface area contributed by atoms with E-state index in [1.807, 2.05) is 0 Å². The van der Waals surface area contributed by atoms with Crippen LogP contribution in [0, 0.1) is 0 Å². The molecule has 0 spiro atoms. The molecule has 0 aromatic heterocycles. The molecule has 0 aromatic rings. The normalized spacial score (nSPS) is 16.9. The van der Waals surface area contributed by atoms with E-state index in [2.05, 4.69) is 0 Å². The van der Waals surface area contributed by atoms with Crippen LogP contribution in [0.15, 0.2) is 0 Å². The molecule has 0 saturated heterocycles. The van der Waals surface area contributed by atoms with Gasteiger partial charge in [0.2, 0.25) is 7.37 Å². The third kappa shape index (κ3) is 4.68. The van der Waals surface area contributed by atoms with Crippen molar-refractivity contribution in [3.8, 4) is 0 Å². The Bertz CT molecular complexity index is 416. The SMILES string of the molecule is O=C([O-])CC(C(=O)[O-])P(=O)(O)C(CC(=O)[O-])C(=O)[O-]. The van der Waals surface area contributed by atoms with Gasteiger partial charge in [-0.05, 0) is 0 Å². The zero-order chi connectivity index (χ0) is 15.4. The number of rotatable bonds is 8. The van der Waals surface area contributed by atoms with Gasteiger partial charge in [-0.25, -0.2) is 0 Å². The van der Waals surface area contributed by atoms with Crippen molar-refractivity contribution in [3.63, 3.8) is 0 Å². The Hall–Kier alpha value is -1.93. The lowest BCUT2D eigenvalue weighted by Gasteiger charge is -2.31. The summed E-state index contributed by atoms with van der Waals surface area (Å²) in [6.45, 7) is 0. The van der Waals surface area contributed by atoms with Crippen LogP contribution in [-0.4, -0.2) is 40.1 Å². The first-order chi connectivity index (χ1) is 8.50. The summed E-state index contributed by atoms with van der Waals surface area (Å²) in [4.78, 5) is 51.1. The highest BCUT2D eigenvalue weighted by molar-refractivity contribution is 7.61. The monoisotopic (exact) mass is 294 g/mol. The summed E-state index contributed by atoms with van der Waals surface area (Å²) < 4.78 is 11.7. The van der Waals surface area contributed by atoms with E-state index in [4.69, 9.17) is 0 Å². The number of carboxylic acids is 4. The van der Waals surface area contributed by atoms with Gasteiger partial charge in [0, 0.05) is 24.8 Å². The molecule has 0 saturated carbocycles. The lowest BCUT2D eigenvalue weighted by Crippen LogP contribution is -2.46. The highest BCUT2D eigenvalue weighted by Gasteiger charge is 2.40. The third-order valence-corrected chi connectivity index (χ3v) is 4.73. The molecule has 11 heteroatoms. The smallest absolute Gasteiger partial charge is 0.218 e. The summed E-state index contributed by atoms with van der Waals surface area (Å²) in [5.74, 6) is -8.73. The van der Waals surface area contributed by atoms with Crippen LogP contribution in [0.4, 0.5) is 0 Å². The van der Waals surface area contributed by atoms with Gasteiger partial charge in [0.05, 0.1) is 23.3 Å². The van der Waals surface area contributed by atoms with Crippen LogP contribution in [-0.2, 0) is 23.7 Å². The first-order valence-corrected chi connectivity index (χ1v) is 6.43. The molecule has 2 unspecified atom stereocenters. The number of carbonyl (C=O) groups is 4. The predicted molar refractivity (Wildman–Crippen MR) is 46.7 cm³/mol. The molecule has 1 N–H and O–H groups in total. The van der Waals surface area contributed by atoms with Crippen LogP contribution in [0.5, 0.6) is 0 Å². The van der Waals surface area contributed by atoms with Gasteiger partial charge in [0.1, 0.15) is 0 Å². The molecule has 2 atom stereocenters. The van der Waals surface area contributed by atoms with Crippen LogP contribution in [0.2, 0.25) is 0 Å². The van der Waals surface area contributed by atoms with Crippen molar-refractivity contribution < 1.29 is 49.1 Å². The number of carboxylic acid groups (broad SMARTS) is 4. The van der Waals surface area contributed by atoms with Gasteiger partial charge >= 0.3 is 0 Å². The van der Waals surface area contributed by atoms with Gasteiger partial charge in [-0.3, -0.25) is 4.57 Å². The minimum absolute atomic E-state index is 1.51. The van der Waals surface area contributed by atoms with E-state index in [1.165, 1.54) is 0 Å². The zero-order valence-electron chi connectivity index (χ0n) is 9.14. The Labute approximate surface area is 105 Å². The highest BCUT2D eigenvalue weighted by atomic mass is 31.2. The van der Waals surface area contributed by atoms with E-state index in [1.54, 1.807) is 0 Å². The first-order valence-electron chi connectivity index (χ1n) is 4.63. The van der Waals surface area contributed by atoms with E-state index in [9.17, 15) is 49.1 Å². The van der Waals surface area contributed by atoms with E-state index >= 15 is 0 Å². The van der Waals surface area contributed by atoms with E-state index in [0.717, 1.165) is 0 Å². The van der Waals surface area contributed by atoms with Crippen LogP contribution >= 0.6 is 7.37 Å². The molecule has 0 heterocycles. The predicted octanol–water partition coefficient (Wildman–Crippen LogP) is -6.23. The fourth-order valence-electron chi connectivity index (χ4n) is 1.26. The quantitative estimate of drug-likeness (QED) is 0.420. The van der Waals surface area contributed by atoms with Crippen LogP contribution in [0.1, 0.15) is 12.8 Å². The lowest BCUT2D eigenvalue weighted by atomic mass is 10.3. The molecule has 19 heavy (non-hydrogen) atoms. The molecule has 0 rings (SSSR count). The largest absolute Gasteiger partial charge is 0.550 e. The van der Waals surface area contributed by atoms with E-state index in [-0.39, 0.29) is 0 Å². The molecule has 0 aliphatic heterocycles. The Morgan fingerprint density at radius 2 is 1.11 bits per heavy atom.